The molecule has 7 heteroatoms. The number of aryl methyl sites for hydroxylation is 1. The number of hydrogen-bond donors (Lipinski definition) is 3. The summed E-state index contributed by atoms with van der Waals surface area (Å²) in [7, 11) is 1.76. The Labute approximate surface area is 269 Å². The van der Waals surface area contributed by atoms with Gasteiger partial charge in [-0.1, -0.05) is 49.8 Å². The molecule has 0 radical (unpaired) electrons. The standard InChI is InChI=1S/C38H53N3O4/c1-4-5-6-11-29(42)18-17-26-22-34(45-30-12-7-8-13-30)37(43)36-31(26)14-9-10-28(41-38(39)40)21-27-20-25-16-15-24(2)19-32(25)35(36)33(27)23-44-3/h6,11,20,22,24,27-28,30,32-33,35,43H,4-5,7-8,10,12-13,15-19,21,23H2,1-3H3,(H4,39,40,41). The van der Waals surface area contributed by atoms with Crippen LogP contribution in [-0.2, 0) is 16.0 Å². The van der Waals surface area contributed by atoms with Gasteiger partial charge in [-0.05, 0) is 106 Å². The summed E-state index contributed by atoms with van der Waals surface area (Å²) in [4.78, 5) is 17.5. The average Bonchev–Trinajstić information content (AvgIpc) is 3.51. The van der Waals surface area contributed by atoms with E-state index in [1.165, 1.54) is 5.57 Å². The molecule has 0 heterocycles. The maximum atomic E-state index is 12.9. The van der Waals surface area contributed by atoms with Crippen molar-refractivity contribution in [3.63, 3.8) is 0 Å². The summed E-state index contributed by atoms with van der Waals surface area (Å²) in [6, 6.07) is 1.83. The summed E-state index contributed by atoms with van der Waals surface area (Å²) in [6.45, 7) is 5.00. The van der Waals surface area contributed by atoms with Gasteiger partial charge in [0.2, 0.25) is 0 Å². The van der Waals surface area contributed by atoms with Gasteiger partial charge in [0, 0.05) is 37.0 Å². The lowest BCUT2D eigenvalue weighted by Gasteiger charge is -2.47. The van der Waals surface area contributed by atoms with Crippen molar-refractivity contribution in [3.05, 3.63) is 46.6 Å². The highest BCUT2D eigenvalue weighted by atomic mass is 16.5. The van der Waals surface area contributed by atoms with Crippen molar-refractivity contribution in [2.75, 3.05) is 13.7 Å². The van der Waals surface area contributed by atoms with Crippen LogP contribution in [0.5, 0.6) is 11.5 Å². The Morgan fingerprint density at radius 1 is 1.20 bits per heavy atom. The minimum Gasteiger partial charge on any atom is -0.504 e. The first-order valence-electron chi connectivity index (χ1n) is 17.3. The quantitative estimate of drug-likeness (QED) is 0.0838. The zero-order valence-corrected chi connectivity index (χ0v) is 27.5. The van der Waals surface area contributed by atoms with Crippen LogP contribution < -0.4 is 16.2 Å². The van der Waals surface area contributed by atoms with Crippen LogP contribution in [0.2, 0.25) is 0 Å². The predicted molar refractivity (Wildman–Crippen MR) is 180 cm³/mol. The number of benzene rings is 1. The first-order valence-corrected chi connectivity index (χ1v) is 17.3. The van der Waals surface area contributed by atoms with Crippen LogP contribution in [-0.4, -0.2) is 42.7 Å². The highest BCUT2D eigenvalue weighted by Crippen LogP contribution is 2.56. The van der Waals surface area contributed by atoms with E-state index in [-0.39, 0.29) is 53.3 Å². The normalized spacial score (nSPS) is 27.9. The lowest BCUT2D eigenvalue weighted by Crippen LogP contribution is -2.39. The fraction of sp³-hybridized carbons (Fsp3) is 0.632. The van der Waals surface area contributed by atoms with Gasteiger partial charge in [-0.15, -0.1) is 0 Å². The number of aromatic hydroxyl groups is 1. The van der Waals surface area contributed by atoms with E-state index < -0.39 is 0 Å². The van der Waals surface area contributed by atoms with Gasteiger partial charge in [-0.25, -0.2) is 4.99 Å². The Morgan fingerprint density at radius 3 is 2.73 bits per heavy atom. The van der Waals surface area contributed by atoms with Crippen molar-refractivity contribution in [2.45, 2.75) is 115 Å². The van der Waals surface area contributed by atoms with E-state index in [2.05, 4.69) is 36.8 Å². The third kappa shape index (κ3) is 7.95. The Kier molecular flexibility index (Phi) is 11.3. The number of rotatable bonds is 11. The van der Waals surface area contributed by atoms with E-state index in [0.29, 0.717) is 37.5 Å². The number of fused-ring (bicyclic) bond motifs is 6. The number of unbranched alkanes of at least 4 members (excludes halogenated alkanes) is 1. The fourth-order valence-corrected chi connectivity index (χ4v) is 8.28. The summed E-state index contributed by atoms with van der Waals surface area (Å²) < 4.78 is 12.5. The largest absolute Gasteiger partial charge is 0.504 e. The molecular weight excluding hydrogens is 562 g/mol. The van der Waals surface area contributed by atoms with Gasteiger partial charge in [-0.3, -0.25) is 4.79 Å². The van der Waals surface area contributed by atoms with Crippen molar-refractivity contribution in [1.82, 2.24) is 0 Å². The highest BCUT2D eigenvalue weighted by molar-refractivity contribution is 5.89. The number of guanidine groups is 1. The Hall–Kier alpha value is -3.24. The number of nitrogens with two attached hydrogens (primary N) is 2. The van der Waals surface area contributed by atoms with Crippen LogP contribution in [0, 0.1) is 35.5 Å². The van der Waals surface area contributed by atoms with Gasteiger partial charge in [0.05, 0.1) is 18.8 Å². The number of ether oxygens (including phenoxy) is 2. The lowest BCUT2D eigenvalue weighted by atomic mass is 9.58. The Bertz CT molecular complexity index is 1360. The number of phenols is 1. The second kappa shape index (κ2) is 15.4. The number of phenolic OH excluding ortho intramolecular Hbond substituents is 1. The van der Waals surface area contributed by atoms with E-state index in [1.807, 2.05) is 12.1 Å². The molecular formula is C38H53N3O4. The van der Waals surface area contributed by atoms with Crippen LogP contribution in [0.15, 0.2) is 34.9 Å². The molecule has 0 aromatic heterocycles. The van der Waals surface area contributed by atoms with E-state index in [4.69, 9.17) is 20.9 Å². The average molecular weight is 616 g/mol. The number of methoxy groups -OCH3 is 1. The molecule has 2 saturated carbocycles. The van der Waals surface area contributed by atoms with Gasteiger partial charge in [0.15, 0.2) is 23.2 Å². The molecule has 2 fully saturated rings. The van der Waals surface area contributed by atoms with E-state index in [1.54, 1.807) is 13.2 Å². The molecule has 4 aliphatic rings. The van der Waals surface area contributed by atoms with Crippen LogP contribution in [0.1, 0.15) is 114 Å². The summed E-state index contributed by atoms with van der Waals surface area (Å²) in [5, 5.41) is 12.3. The number of carbonyl (C=O) groups is 1. The number of carbonyl (C=O) groups excluding carboxylic acids is 1. The summed E-state index contributed by atoms with van der Waals surface area (Å²) in [6.07, 6.45) is 17.8. The molecule has 1 aromatic carbocycles. The molecule has 0 spiro atoms. The third-order valence-electron chi connectivity index (χ3n) is 10.4. The van der Waals surface area contributed by atoms with Gasteiger partial charge in [0.1, 0.15) is 0 Å². The molecule has 2 bridgehead atoms. The van der Waals surface area contributed by atoms with Crippen LogP contribution >= 0.6 is 0 Å². The van der Waals surface area contributed by atoms with Gasteiger partial charge < -0.3 is 26.0 Å². The molecule has 4 aliphatic carbocycles. The van der Waals surface area contributed by atoms with Crippen molar-refractivity contribution in [3.8, 4) is 23.3 Å². The Morgan fingerprint density at radius 2 is 2.00 bits per heavy atom. The van der Waals surface area contributed by atoms with E-state index >= 15 is 0 Å². The minimum absolute atomic E-state index is 0.00835. The molecule has 1 aromatic rings. The van der Waals surface area contributed by atoms with Crippen LogP contribution in [0.4, 0.5) is 0 Å². The second-order valence-electron chi connectivity index (χ2n) is 13.8. The van der Waals surface area contributed by atoms with Crippen molar-refractivity contribution >= 4 is 11.7 Å². The number of hydrogen-bond acceptors (Lipinski definition) is 5. The summed E-state index contributed by atoms with van der Waals surface area (Å²) in [5.41, 5.74) is 16.0. The molecule has 0 aliphatic heterocycles. The SMILES string of the molecule is CCCC=CC(=O)CCc1cc(OC2CCCC2)c(O)c2c1C#CCC(N=C(N)N)CC1C=C3CCC(C)CC3C2C1COC. The molecule has 6 unspecified atom stereocenters. The van der Waals surface area contributed by atoms with Crippen molar-refractivity contribution in [2.24, 2.45) is 40.1 Å². The third-order valence-corrected chi connectivity index (χ3v) is 10.4. The first-order chi connectivity index (χ1) is 21.8. The molecule has 6 atom stereocenters. The molecule has 0 amide bonds. The zero-order valence-electron chi connectivity index (χ0n) is 27.5. The summed E-state index contributed by atoms with van der Waals surface area (Å²) in [5.74, 6) is 8.96. The maximum absolute atomic E-state index is 12.9. The predicted octanol–water partition coefficient (Wildman–Crippen LogP) is 6.70. The van der Waals surface area contributed by atoms with Crippen LogP contribution in [0.3, 0.4) is 0 Å². The van der Waals surface area contributed by atoms with E-state index in [0.717, 1.165) is 80.9 Å². The molecule has 5 rings (SSSR count). The van der Waals surface area contributed by atoms with E-state index in [9.17, 15) is 9.90 Å². The smallest absolute Gasteiger partial charge is 0.186 e. The van der Waals surface area contributed by atoms with Crippen LogP contribution in [0.25, 0.3) is 0 Å². The lowest BCUT2D eigenvalue weighted by molar-refractivity contribution is -0.114. The zero-order chi connectivity index (χ0) is 31.9. The maximum Gasteiger partial charge on any atom is 0.186 e. The fourth-order valence-electron chi connectivity index (χ4n) is 8.28. The van der Waals surface area contributed by atoms with Gasteiger partial charge in [-0.2, -0.15) is 0 Å². The highest BCUT2D eigenvalue weighted by Gasteiger charge is 2.46. The Balaban J connectivity index is 1.70. The number of allylic oxidation sites excluding steroid dienone is 4. The molecule has 5 N–H and O–H groups in total. The number of nitrogens with zero attached hydrogens (tertiary/aromatic N) is 1. The summed E-state index contributed by atoms with van der Waals surface area (Å²) >= 11 is 0. The molecule has 0 saturated heterocycles. The van der Waals surface area contributed by atoms with Gasteiger partial charge in [0.25, 0.3) is 0 Å². The van der Waals surface area contributed by atoms with Gasteiger partial charge >= 0.3 is 0 Å². The number of ketones is 1. The molecule has 45 heavy (non-hydrogen) atoms. The molecule has 244 valence electrons. The van der Waals surface area contributed by atoms with Crippen molar-refractivity contribution in [1.29, 1.82) is 0 Å². The van der Waals surface area contributed by atoms with Crippen molar-refractivity contribution < 1.29 is 19.4 Å². The first kappa shape index (κ1) is 33.1. The topological polar surface area (TPSA) is 120 Å². The number of aliphatic imine (C=N–C) groups is 1. The second-order valence-corrected chi connectivity index (χ2v) is 13.8. The molecule has 7 nitrogen and oxygen atoms in total. The minimum atomic E-state index is -0.141. The monoisotopic (exact) mass is 615 g/mol.